The zero-order valence-electron chi connectivity index (χ0n) is 18.8. The molecular weight excluding hydrogens is 438 g/mol. The van der Waals surface area contributed by atoms with E-state index in [0.717, 1.165) is 12.0 Å². The first-order valence-electron chi connectivity index (χ1n) is 11.5. The van der Waals surface area contributed by atoms with Gasteiger partial charge in [0.25, 0.3) is 0 Å². The minimum absolute atomic E-state index is 0.0490. The molecular formula is C25H25N3O6. The first-order chi connectivity index (χ1) is 16.3. The van der Waals surface area contributed by atoms with Crippen molar-refractivity contribution < 1.29 is 29.0 Å². The summed E-state index contributed by atoms with van der Waals surface area (Å²) in [7, 11) is 0. The summed E-state index contributed by atoms with van der Waals surface area (Å²) in [5.41, 5.74) is 1.59. The normalized spacial score (nSPS) is 29.6. The molecule has 6 rings (SSSR count). The maximum Gasteiger partial charge on any atom is 0.250 e. The molecule has 2 fully saturated rings. The van der Waals surface area contributed by atoms with Crippen molar-refractivity contribution in [2.45, 2.75) is 44.5 Å². The zero-order chi connectivity index (χ0) is 23.8. The predicted molar refractivity (Wildman–Crippen MR) is 120 cm³/mol. The number of likely N-dealkylation sites (tertiary alicyclic amines) is 1. The molecule has 0 unspecified atom stereocenters. The highest BCUT2D eigenvalue weighted by atomic mass is 16.7. The number of nitrogens with zero attached hydrogens (tertiary/aromatic N) is 1. The number of aliphatic hydroxyl groups excluding tert-OH is 1. The van der Waals surface area contributed by atoms with E-state index in [1.54, 1.807) is 25.1 Å². The van der Waals surface area contributed by atoms with Gasteiger partial charge in [-0.25, -0.2) is 0 Å². The Balaban J connectivity index is 1.42. The molecule has 9 heteroatoms. The van der Waals surface area contributed by atoms with Crippen molar-refractivity contribution in [1.82, 2.24) is 10.2 Å². The second-order valence-corrected chi connectivity index (χ2v) is 9.36. The Labute approximate surface area is 196 Å². The van der Waals surface area contributed by atoms with Gasteiger partial charge in [0.05, 0.1) is 24.5 Å². The van der Waals surface area contributed by atoms with E-state index in [9.17, 15) is 19.5 Å². The van der Waals surface area contributed by atoms with Crippen LogP contribution in [0.15, 0.2) is 36.4 Å². The fourth-order valence-corrected chi connectivity index (χ4v) is 5.85. The van der Waals surface area contributed by atoms with Gasteiger partial charge in [0.1, 0.15) is 5.54 Å². The van der Waals surface area contributed by atoms with Crippen molar-refractivity contribution in [2.24, 2.45) is 11.8 Å². The number of fused-ring (bicyclic) bond motifs is 5. The van der Waals surface area contributed by atoms with Gasteiger partial charge in [0.15, 0.2) is 11.5 Å². The van der Waals surface area contributed by atoms with Crippen LogP contribution in [0.2, 0.25) is 0 Å². The van der Waals surface area contributed by atoms with E-state index >= 15 is 0 Å². The molecule has 4 aliphatic heterocycles. The lowest BCUT2D eigenvalue weighted by Gasteiger charge is -2.30. The van der Waals surface area contributed by atoms with Gasteiger partial charge in [-0.2, -0.15) is 0 Å². The van der Waals surface area contributed by atoms with Crippen LogP contribution in [-0.4, -0.2) is 46.7 Å². The Hall–Kier alpha value is -3.43. The molecule has 5 atom stereocenters. The van der Waals surface area contributed by atoms with Crippen LogP contribution in [0.25, 0.3) is 0 Å². The highest BCUT2D eigenvalue weighted by Crippen LogP contribution is 2.53. The number of benzene rings is 2. The van der Waals surface area contributed by atoms with Crippen molar-refractivity contribution in [1.29, 1.82) is 0 Å². The molecule has 0 radical (unpaired) electrons. The van der Waals surface area contributed by atoms with Crippen LogP contribution in [0.1, 0.15) is 30.5 Å². The third kappa shape index (κ3) is 2.71. The Morgan fingerprint density at radius 1 is 1.09 bits per heavy atom. The smallest absolute Gasteiger partial charge is 0.250 e. The standard InChI is InChI=1S/C25H25N3O6/c1-3-13-4-6-16-15(8-13)25(24(32)26-16)20-19(21(27-25)12(2)29)22(30)28(23(20)31)10-14-5-7-17-18(9-14)34-11-33-17/h4-9,12,19-21,27,29H,3,10-11H2,1-2H3,(H,26,32)/t12-,19+,20+,21+,25+/m1/s1. The summed E-state index contributed by atoms with van der Waals surface area (Å²) < 4.78 is 10.8. The Kier molecular flexibility index (Phi) is 4.53. The number of amides is 3. The van der Waals surface area contributed by atoms with Gasteiger partial charge < -0.3 is 19.9 Å². The molecule has 34 heavy (non-hydrogen) atoms. The molecule has 3 N–H and O–H groups in total. The van der Waals surface area contributed by atoms with Crippen molar-refractivity contribution in [2.75, 3.05) is 12.1 Å². The first kappa shape index (κ1) is 21.1. The van der Waals surface area contributed by atoms with Gasteiger partial charge in [-0.1, -0.05) is 25.1 Å². The summed E-state index contributed by atoms with van der Waals surface area (Å²) in [4.78, 5) is 42.1. The molecule has 4 heterocycles. The number of rotatable bonds is 4. The van der Waals surface area contributed by atoms with Crippen LogP contribution in [0.4, 0.5) is 5.69 Å². The van der Waals surface area contributed by atoms with Gasteiger partial charge >= 0.3 is 0 Å². The fraction of sp³-hybridized carbons (Fsp3) is 0.400. The quantitative estimate of drug-likeness (QED) is 0.585. The lowest BCUT2D eigenvalue weighted by atomic mass is 9.76. The largest absolute Gasteiger partial charge is 0.454 e. The highest BCUT2D eigenvalue weighted by Gasteiger charge is 2.71. The second kappa shape index (κ2) is 7.28. The minimum atomic E-state index is -1.41. The van der Waals surface area contributed by atoms with Gasteiger partial charge in [-0.3, -0.25) is 24.6 Å². The topological polar surface area (TPSA) is 117 Å². The summed E-state index contributed by atoms with van der Waals surface area (Å²) in [6.45, 7) is 3.76. The number of aryl methyl sites for hydroxylation is 1. The van der Waals surface area contributed by atoms with Crippen LogP contribution in [0.5, 0.6) is 11.5 Å². The van der Waals surface area contributed by atoms with Crippen molar-refractivity contribution in [3.05, 3.63) is 53.1 Å². The van der Waals surface area contributed by atoms with Gasteiger partial charge in [0.2, 0.25) is 24.5 Å². The molecule has 4 aliphatic rings. The number of ether oxygens (including phenoxy) is 2. The third-order valence-electron chi connectivity index (χ3n) is 7.51. The van der Waals surface area contributed by atoms with E-state index in [2.05, 4.69) is 10.6 Å². The number of imide groups is 1. The maximum absolute atomic E-state index is 13.8. The molecule has 0 aliphatic carbocycles. The summed E-state index contributed by atoms with van der Waals surface area (Å²) >= 11 is 0. The lowest BCUT2D eigenvalue weighted by molar-refractivity contribution is -0.143. The summed E-state index contributed by atoms with van der Waals surface area (Å²) in [6, 6.07) is 10.2. The van der Waals surface area contributed by atoms with E-state index in [1.165, 1.54) is 4.90 Å². The fourth-order valence-electron chi connectivity index (χ4n) is 5.85. The summed E-state index contributed by atoms with van der Waals surface area (Å²) in [5, 5.41) is 16.7. The number of anilines is 1. The molecule has 0 bridgehead atoms. The average Bonchev–Trinajstić information content (AvgIpc) is 3.55. The molecule has 2 saturated heterocycles. The SMILES string of the molecule is CCc1ccc2c(c1)[C@@]1(N[C@@H]([C@@H](C)O)[C@H]3C(=O)N(Cc4ccc5c(c4)OCO5)C(=O)[C@H]31)C(=O)N2. The molecule has 3 amide bonds. The van der Waals surface area contributed by atoms with Gasteiger partial charge in [0, 0.05) is 17.3 Å². The maximum atomic E-state index is 13.8. The van der Waals surface area contributed by atoms with Crippen LogP contribution in [-0.2, 0) is 32.9 Å². The van der Waals surface area contributed by atoms with E-state index in [4.69, 9.17) is 9.47 Å². The predicted octanol–water partition coefficient (Wildman–Crippen LogP) is 1.28. The average molecular weight is 463 g/mol. The second-order valence-electron chi connectivity index (χ2n) is 9.36. The third-order valence-corrected chi connectivity index (χ3v) is 7.51. The van der Waals surface area contributed by atoms with E-state index in [-0.39, 0.29) is 19.2 Å². The zero-order valence-corrected chi connectivity index (χ0v) is 18.8. The highest BCUT2D eigenvalue weighted by molar-refractivity contribution is 6.15. The molecule has 1 spiro atoms. The number of aliphatic hydroxyl groups is 1. The summed E-state index contributed by atoms with van der Waals surface area (Å²) in [5.74, 6) is -1.83. The number of hydrogen-bond donors (Lipinski definition) is 3. The van der Waals surface area contributed by atoms with E-state index in [1.807, 2.05) is 25.1 Å². The van der Waals surface area contributed by atoms with Crippen molar-refractivity contribution in [3.8, 4) is 11.5 Å². The Morgan fingerprint density at radius 2 is 1.85 bits per heavy atom. The molecule has 0 aromatic heterocycles. The molecule has 176 valence electrons. The molecule has 0 saturated carbocycles. The van der Waals surface area contributed by atoms with Crippen LogP contribution in [0.3, 0.4) is 0 Å². The Morgan fingerprint density at radius 3 is 2.62 bits per heavy atom. The van der Waals surface area contributed by atoms with Crippen molar-refractivity contribution >= 4 is 23.4 Å². The van der Waals surface area contributed by atoms with E-state index < -0.39 is 41.3 Å². The minimum Gasteiger partial charge on any atom is -0.454 e. The monoisotopic (exact) mass is 463 g/mol. The van der Waals surface area contributed by atoms with Crippen molar-refractivity contribution in [3.63, 3.8) is 0 Å². The van der Waals surface area contributed by atoms with Crippen LogP contribution >= 0.6 is 0 Å². The lowest BCUT2D eigenvalue weighted by Crippen LogP contribution is -2.54. The van der Waals surface area contributed by atoms with Gasteiger partial charge in [-0.15, -0.1) is 0 Å². The van der Waals surface area contributed by atoms with Gasteiger partial charge in [-0.05, 0) is 42.7 Å². The van der Waals surface area contributed by atoms with Crippen LogP contribution in [0, 0.1) is 11.8 Å². The molecule has 2 aromatic carbocycles. The number of carbonyl (C=O) groups is 3. The molecule has 2 aromatic rings. The first-order valence-corrected chi connectivity index (χ1v) is 11.5. The number of hydrogen-bond acceptors (Lipinski definition) is 7. The number of carbonyl (C=O) groups excluding carboxylic acids is 3. The Bertz CT molecular complexity index is 1240. The van der Waals surface area contributed by atoms with Crippen LogP contribution < -0.4 is 20.1 Å². The van der Waals surface area contributed by atoms with E-state index in [0.29, 0.717) is 28.3 Å². The molecule has 9 nitrogen and oxygen atoms in total. The summed E-state index contributed by atoms with van der Waals surface area (Å²) in [6.07, 6.45) is -0.186. The number of nitrogens with one attached hydrogen (secondary N) is 2.